The van der Waals surface area contributed by atoms with Crippen LogP contribution in [0.15, 0.2) is 48.0 Å². The molecule has 0 aromatic heterocycles. The van der Waals surface area contributed by atoms with Crippen molar-refractivity contribution in [1.29, 1.82) is 0 Å². The molecule has 160 valence electrons. The van der Waals surface area contributed by atoms with Gasteiger partial charge in [0.2, 0.25) is 0 Å². The molecular formula is C24H35NO2S2. The number of hydrogen-bond donors (Lipinski definition) is 0. The molecule has 29 heavy (non-hydrogen) atoms. The van der Waals surface area contributed by atoms with Crippen molar-refractivity contribution in [1.82, 2.24) is 0 Å². The Kier molecular flexibility index (Phi) is 9.35. The highest BCUT2D eigenvalue weighted by molar-refractivity contribution is 8.38. The molecule has 0 spiro atoms. The number of carbonyl (C=O) groups excluding carboxylic acids is 1. The second kappa shape index (κ2) is 11.3. The van der Waals surface area contributed by atoms with Crippen LogP contribution in [0, 0.1) is 11.8 Å². The van der Waals surface area contributed by atoms with Crippen molar-refractivity contribution in [3.63, 3.8) is 0 Å². The largest absolute Gasteiger partial charge is 0.460 e. The SMILES string of the molecule is C=CC[C@@H](N=C(SC)SC)C(=O)O[C@@H]1C[C@H](C)CC[C@H]1C(C)(C)c1ccccc1. The lowest BCUT2D eigenvalue weighted by molar-refractivity contribution is -0.158. The number of nitrogens with zero attached hydrogens (tertiary/aromatic N) is 1. The van der Waals surface area contributed by atoms with Gasteiger partial charge in [0.05, 0.1) is 0 Å². The fraction of sp³-hybridized carbons (Fsp3) is 0.583. The Morgan fingerprint density at radius 2 is 1.93 bits per heavy atom. The molecule has 0 radical (unpaired) electrons. The summed E-state index contributed by atoms with van der Waals surface area (Å²) in [7, 11) is 0. The van der Waals surface area contributed by atoms with Gasteiger partial charge in [0.25, 0.3) is 0 Å². The minimum atomic E-state index is -0.514. The van der Waals surface area contributed by atoms with Gasteiger partial charge in [0.1, 0.15) is 10.5 Å². The minimum Gasteiger partial charge on any atom is -0.460 e. The van der Waals surface area contributed by atoms with Crippen LogP contribution in [0.5, 0.6) is 0 Å². The van der Waals surface area contributed by atoms with Crippen molar-refractivity contribution in [3.05, 3.63) is 48.6 Å². The van der Waals surface area contributed by atoms with Crippen molar-refractivity contribution in [3.8, 4) is 0 Å². The Labute approximate surface area is 185 Å². The molecule has 0 aliphatic heterocycles. The molecule has 5 heteroatoms. The number of hydrogen-bond acceptors (Lipinski definition) is 5. The zero-order chi connectivity index (χ0) is 21.4. The second-order valence-corrected chi connectivity index (χ2v) is 10.3. The number of benzene rings is 1. The molecule has 0 amide bonds. The van der Waals surface area contributed by atoms with Crippen LogP contribution in [0.1, 0.15) is 52.0 Å². The molecule has 1 aromatic carbocycles. The van der Waals surface area contributed by atoms with E-state index in [0.29, 0.717) is 18.3 Å². The van der Waals surface area contributed by atoms with Gasteiger partial charge in [-0.15, -0.1) is 30.1 Å². The lowest BCUT2D eigenvalue weighted by atomic mass is 9.64. The van der Waals surface area contributed by atoms with Gasteiger partial charge >= 0.3 is 5.97 Å². The minimum absolute atomic E-state index is 0.0623. The summed E-state index contributed by atoms with van der Waals surface area (Å²) >= 11 is 3.12. The quantitative estimate of drug-likeness (QED) is 0.218. The van der Waals surface area contributed by atoms with Gasteiger partial charge in [-0.05, 0) is 48.7 Å². The van der Waals surface area contributed by atoms with Gasteiger partial charge in [-0.25, -0.2) is 4.79 Å². The van der Waals surface area contributed by atoms with Crippen molar-refractivity contribution in [2.75, 3.05) is 12.5 Å². The van der Waals surface area contributed by atoms with E-state index in [1.165, 1.54) is 12.0 Å². The highest BCUT2D eigenvalue weighted by Crippen LogP contribution is 2.43. The van der Waals surface area contributed by atoms with Crippen molar-refractivity contribution in [2.24, 2.45) is 16.8 Å². The first kappa shape index (κ1) is 24.1. The predicted molar refractivity (Wildman–Crippen MR) is 129 cm³/mol. The topological polar surface area (TPSA) is 38.7 Å². The smallest absolute Gasteiger partial charge is 0.331 e. The first-order valence-corrected chi connectivity index (χ1v) is 12.8. The van der Waals surface area contributed by atoms with Crippen molar-refractivity contribution >= 4 is 33.9 Å². The maximum absolute atomic E-state index is 13.1. The van der Waals surface area contributed by atoms with Crippen molar-refractivity contribution < 1.29 is 9.53 Å². The standard InChI is InChI=1S/C24H35NO2S2/c1-7-11-20(25-23(28-5)29-6)22(26)27-21-16-17(2)14-15-19(21)24(3,4)18-12-9-8-10-13-18/h7-10,12-13,17,19-21H,1,11,14-16H2,2-6H3/t17-,19-,20-,21-/m1/s1. The summed E-state index contributed by atoms with van der Waals surface area (Å²) in [4.78, 5) is 17.7. The van der Waals surface area contributed by atoms with Gasteiger partial charge in [-0.2, -0.15) is 0 Å². The Bertz CT molecular complexity index is 696. The molecule has 1 aromatic rings. The molecule has 1 saturated carbocycles. The summed E-state index contributed by atoms with van der Waals surface area (Å²) in [6.45, 7) is 10.6. The molecule has 1 aliphatic carbocycles. The Balaban J connectivity index is 2.24. The van der Waals surface area contributed by atoms with Gasteiger partial charge < -0.3 is 4.74 Å². The van der Waals surface area contributed by atoms with Crippen LogP contribution in [-0.4, -0.2) is 35.0 Å². The van der Waals surface area contributed by atoms with E-state index in [2.05, 4.69) is 56.6 Å². The highest BCUT2D eigenvalue weighted by atomic mass is 32.2. The second-order valence-electron chi connectivity index (χ2n) is 8.43. The molecule has 0 heterocycles. The van der Waals surface area contributed by atoms with Gasteiger partial charge in [0.15, 0.2) is 6.04 Å². The van der Waals surface area contributed by atoms with E-state index in [1.54, 1.807) is 29.6 Å². The predicted octanol–water partition coefficient (Wildman–Crippen LogP) is 6.34. The zero-order valence-corrected chi connectivity index (χ0v) is 20.0. The molecule has 0 unspecified atom stereocenters. The Morgan fingerprint density at radius 3 is 2.52 bits per heavy atom. The molecular weight excluding hydrogens is 398 g/mol. The third kappa shape index (κ3) is 6.39. The monoisotopic (exact) mass is 433 g/mol. The summed E-state index contributed by atoms with van der Waals surface area (Å²) in [5, 5.41) is 0. The Hall–Kier alpha value is -1.20. The zero-order valence-electron chi connectivity index (χ0n) is 18.4. The molecule has 0 saturated heterocycles. The molecule has 2 rings (SSSR count). The maximum Gasteiger partial charge on any atom is 0.331 e. The molecule has 1 aliphatic rings. The Morgan fingerprint density at radius 1 is 1.28 bits per heavy atom. The fourth-order valence-electron chi connectivity index (χ4n) is 4.27. The summed E-state index contributed by atoms with van der Waals surface area (Å²) < 4.78 is 7.07. The summed E-state index contributed by atoms with van der Waals surface area (Å²) in [6, 6.07) is 10.1. The van der Waals surface area contributed by atoms with E-state index in [0.717, 1.165) is 17.2 Å². The van der Waals surface area contributed by atoms with Gasteiger partial charge in [0, 0.05) is 5.92 Å². The first-order chi connectivity index (χ1) is 13.8. The average molecular weight is 434 g/mol. The number of aliphatic imine (C=N–C) groups is 1. The van der Waals surface area contributed by atoms with Crippen molar-refractivity contribution in [2.45, 2.75) is 64.0 Å². The summed E-state index contributed by atoms with van der Waals surface area (Å²) in [5.41, 5.74) is 1.24. The van der Waals surface area contributed by atoms with Crippen LogP contribution >= 0.6 is 23.5 Å². The number of ether oxygens (including phenoxy) is 1. The van der Waals surface area contributed by atoms with E-state index in [1.807, 2.05) is 18.6 Å². The lowest BCUT2D eigenvalue weighted by Crippen LogP contribution is -2.44. The van der Waals surface area contributed by atoms with E-state index in [9.17, 15) is 4.79 Å². The van der Waals surface area contributed by atoms with E-state index in [4.69, 9.17) is 4.74 Å². The number of thioether (sulfide) groups is 2. The van der Waals surface area contributed by atoms with Crippen LogP contribution in [0.3, 0.4) is 0 Å². The first-order valence-electron chi connectivity index (χ1n) is 10.4. The number of rotatable bonds is 7. The van der Waals surface area contributed by atoms with Crippen LogP contribution in [0.2, 0.25) is 0 Å². The third-order valence-corrected chi connectivity index (χ3v) is 7.95. The van der Waals surface area contributed by atoms with Crippen LogP contribution in [0.4, 0.5) is 0 Å². The lowest BCUT2D eigenvalue weighted by Gasteiger charge is -2.44. The third-order valence-electron chi connectivity index (χ3n) is 6.04. The molecule has 0 N–H and O–H groups in total. The maximum atomic E-state index is 13.1. The fourth-order valence-corrected chi connectivity index (χ4v) is 5.40. The van der Waals surface area contributed by atoms with Crippen LogP contribution in [-0.2, 0) is 14.9 Å². The number of esters is 1. The summed E-state index contributed by atoms with van der Waals surface area (Å²) in [6.07, 6.45) is 9.27. The van der Waals surface area contributed by atoms with E-state index >= 15 is 0 Å². The summed E-state index contributed by atoms with van der Waals surface area (Å²) in [5.74, 6) is 0.627. The van der Waals surface area contributed by atoms with Gasteiger partial charge in [-0.1, -0.05) is 63.6 Å². The van der Waals surface area contributed by atoms with E-state index < -0.39 is 6.04 Å². The molecule has 3 nitrogen and oxygen atoms in total. The van der Waals surface area contributed by atoms with Gasteiger partial charge in [-0.3, -0.25) is 4.99 Å². The molecule has 4 atom stereocenters. The van der Waals surface area contributed by atoms with E-state index in [-0.39, 0.29) is 17.5 Å². The average Bonchev–Trinajstić information content (AvgIpc) is 2.71. The van der Waals surface area contributed by atoms with Crippen LogP contribution < -0.4 is 0 Å². The molecule has 1 fully saturated rings. The van der Waals surface area contributed by atoms with Crippen LogP contribution in [0.25, 0.3) is 0 Å². The normalized spacial score (nSPS) is 23.1. The molecule has 0 bridgehead atoms. The number of carbonyl (C=O) groups is 1. The highest BCUT2D eigenvalue weighted by Gasteiger charge is 2.42.